The van der Waals surface area contributed by atoms with Gasteiger partial charge in [-0.25, -0.2) is 4.79 Å². The Hall–Kier alpha value is -4.07. The molecule has 1 aromatic rings. The summed E-state index contributed by atoms with van der Waals surface area (Å²) in [6.07, 6.45) is -0.394. The monoisotopic (exact) mass is 699 g/mol. The molecule has 0 aliphatic carbocycles. The van der Waals surface area contributed by atoms with Crippen molar-refractivity contribution >= 4 is 63.0 Å². The van der Waals surface area contributed by atoms with E-state index in [1.165, 1.54) is 12.1 Å². The van der Waals surface area contributed by atoms with Crippen molar-refractivity contribution in [3.63, 3.8) is 0 Å². The van der Waals surface area contributed by atoms with Crippen LogP contribution in [0.15, 0.2) is 24.3 Å². The lowest BCUT2D eigenvalue weighted by atomic mass is 9.96. The number of aliphatic hydroxyl groups is 1. The number of aliphatic hydroxyl groups excluding tert-OH is 1. The normalized spacial score (nSPS) is 26.4. The lowest BCUT2D eigenvalue weighted by molar-refractivity contribution is -0.142. The Balaban J connectivity index is 2.48. The van der Waals surface area contributed by atoms with Gasteiger partial charge in [-0.2, -0.15) is 0 Å². The molecule has 19 heteroatoms. The van der Waals surface area contributed by atoms with Crippen LogP contribution in [0.2, 0.25) is 0 Å². The average Bonchev–Trinajstić information content (AvgIpc) is 3.02. The molecule has 0 radical (unpaired) electrons. The number of phenolic OH excluding ortho intramolecular Hbond substituents is 1. The van der Waals surface area contributed by atoms with Crippen molar-refractivity contribution in [2.24, 2.45) is 17.4 Å². The van der Waals surface area contributed by atoms with Gasteiger partial charge in [0.2, 0.25) is 35.4 Å². The number of benzene rings is 1. The first-order chi connectivity index (χ1) is 22.2. The second-order valence-corrected chi connectivity index (χ2v) is 13.4. The topological polar surface area (TPSA) is 292 Å². The van der Waals surface area contributed by atoms with E-state index in [0.29, 0.717) is 12.0 Å². The molecule has 1 saturated heterocycles. The summed E-state index contributed by atoms with van der Waals surface area (Å²) in [5.41, 5.74) is 11.9. The number of phenols is 1. The second-order valence-electron chi connectivity index (χ2n) is 10.9. The fourth-order valence-corrected chi connectivity index (χ4v) is 6.49. The molecule has 2 rings (SSSR count). The fraction of sp³-hybridized carbons (Fsp3) is 0.536. The summed E-state index contributed by atoms with van der Waals surface area (Å²) in [6, 6.07) is -2.57. The van der Waals surface area contributed by atoms with Crippen LogP contribution in [-0.4, -0.2) is 111 Å². The number of carbonyl (C=O) groups is 7. The highest BCUT2D eigenvalue weighted by Crippen LogP contribution is 2.23. The zero-order valence-electron chi connectivity index (χ0n) is 25.8. The smallest absolute Gasteiger partial charge is 0.327 e. The number of carboxylic acid groups (broad SMARTS) is 1. The van der Waals surface area contributed by atoms with Crippen molar-refractivity contribution in [1.82, 2.24) is 26.6 Å². The Bertz CT molecular complexity index is 1300. The molecule has 1 heterocycles. The molecule has 47 heavy (non-hydrogen) atoms. The van der Waals surface area contributed by atoms with E-state index < -0.39 is 96.6 Å². The Morgan fingerprint density at radius 2 is 1.40 bits per heavy atom. The van der Waals surface area contributed by atoms with Crippen LogP contribution >= 0.6 is 21.6 Å². The van der Waals surface area contributed by atoms with Crippen molar-refractivity contribution in [3.8, 4) is 5.75 Å². The number of aliphatic carboxylic acids is 1. The van der Waals surface area contributed by atoms with Crippen LogP contribution in [0.3, 0.4) is 0 Å². The zero-order chi connectivity index (χ0) is 35.3. The van der Waals surface area contributed by atoms with Crippen molar-refractivity contribution < 1.29 is 48.9 Å². The highest BCUT2D eigenvalue weighted by molar-refractivity contribution is 8.76. The number of hydrogen-bond donors (Lipinski definition) is 10. The Kier molecular flexibility index (Phi) is 15.7. The molecular formula is C28H41N7O10S2. The summed E-state index contributed by atoms with van der Waals surface area (Å²) in [5.74, 6) is -7.71. The SMILES string of the molecule is CC[C@H](C)[C@@H]1NC(=O)[C@H](Cc2ccc(O)cc2)NC(=O)[C@@H](N)CSSC[C@@H](C(=O)O)NC(=O)[C@H](CC(N)=O)NC(=O)[C@H](CO)NC1=O. The van der Waals surface area contributed by atoms with Gasteiger partial charge in [0.1, 0.15) is 36.0 Å². The van der Waals surface area contributed by atoms with E-state index in [-0.39, 0.29) is 23.7 Å². The van der Waals surface area contributed by atoms with Crippen LogP contribution in [0, 0.1) is 5.92 Å². The number of carboxylic acids is 1. The number of aromatic hydroxyl groups is 1. The molecule has 7 atom stereocenters. The largest absolute Gasteiger partial charge is 0.508 e. The molecule has 6 amide bonds. The van der Waals surface area contributed by atoms with Gasteiger partial charge in [0.15, 0.2) is 0 Å². The van der Waals surface area contributed by atoms with Crippen molar-refractivity contribution in [1.29, 1.82) is 0 Å². The van der Waals surface area contributed by atoms with E-state index >= 15 is 0 Å². The van der Waals surface area contributed by atoms with Crippen LogP contribution in [0.1, 0.15) is 32.3 Å². The molecule has 1 aliphatic heterocycles. The molecule has 0 saturated carbocycles. The van der Waals surface area contributed by atoms with E-state index in [9.17, 15) is 48.9 Å². The molecular weight excluding hydrogens is 658 g/mol. The third kappa shape index (κ3) is 12.6. The van der Waals surface area contributed by atoms with Gasteiger partial charge >= 0.3 is 5.97 Å². The minimum atomic E-state index is -1.66. The maximum atomic E-state index is 13.6. The maximum Gasteiger partial charge on any atom is 0.327 e. The summed E-state index contributed by atoms with van der Waals surface area (Å²) in [6.45, 7) is 2.45. The third-order valence-electron chi connectivity index (χ3n) is 7.17. The summed E-state index contributed by atoms with van der Waals surface area (Å²) in [7, 11) is 2.01. The quantitative estimate of drug-likeness (QED) is 0.122. The van der Waals surface area contributed by atoms with E-state index in [4.69, 9.17) is 11.5 Å². The van der Waals surface area contributed by atoms with Gasteiger partial charge in [0.25, 0.3) is 0 Å². The molecule has 17 nitrogen and oxygen atoms in total. The first-order valence-electron chi connectivity index (χ1n) is 14.6. The molecule has 1 fully saturated rings. The fourth-order valence-electron chi connectivity index (χ4n) is 4.21. The van der Waals surface area contributed by atoms with Gasteiger partial charge in [-0.1, -0.05) is 54.0 Å². The van der Waals surface area contributed by atoms with Gasteiger partial charge in [-0.15, -0.1) is 0 Å². The molecule has 0 bridgehead atoms. The van der Waals surface area contributed by atoms with Gasteiger partial charge in [-0.3, -0.25) is 28.8 Å². The summed E-state index contributed by atoms with van der Waals surface area (Å²) in [5, 5.41) is 41.2. The predicted octanol–water partition coefficient (Wildman–Crippen LogP) is -2.92. The lowest BCUT2D eigenvalue weighted by Crippen LogP contribution is -2.61. The van der Waals surface area contributed by atoms with Crippen LogP contribution in [0.4, 0.5) is 0 Å². The number of rotatable bonds is 8. The molecule has 0 unspecified atom stereocenters. The van der Waals surface area contributed by atoms with Gasteiger partial charge in [0, 0.05) is 17.9 Å². The van der Waals surface area contributed by atoms with Gasteiger partial charge in [-0.05, 0) is 23.6 Å². The van der Waals surface area contributed by atoms with E-state index in [0.717, 1.165) is 21.6 Å². The zero-order valence-corrected chi connectivity index (χ0v) is 27.4. The minimum absolute atomic E-state index is 0.0170. The number of hydrogen-bond acceptors (Lipinski definition) is 12. The van der Waals surface area contributed by atoms with E-state index in [1.54, 1.807) is 26.0 Å². The van der Waals surface area contributed by atoms with E-state index in [2.05, 4.69) is 26.6 Å². The highest BCUT2D eigenvalue weighted by atomic mass is 33.1. The lowest BCUT2D eigenvalue weighted by Gasteiger charge is -2.29. The standard InChI is InChI=1S/C28H41N7O10S2/c1-3-13(2)22-27(43)33-19(10-36)26(42)32-18(9-21(30)38)24(40)34-20(28(44)45)12-47-46-11-16(29)23(39)31-17(25(41)35-22)8-14-4-6-15(37)7-5-14/h4-7,13,16-20,22,36-37H,3,8-12,29H2,1-2H3,(H2,30,38)(H,31,39)(H,32,42)(H,33,43)(H,34,40)(H,35,41)(H,44,45)/t13-,16-,17-,18-,19-,20-,22-/m0/s1. The number of carbonyl (C=O) groups excluding carboxylic acids is 6. The summed E-state index contributed by atoms with van der Waals surface area (Å²) < 4.78 is 0. The van der Waals surface area contributed by atoms with Crippen LogP contribution < -0.4 is 38.1 Å². The van der Waals surface area contributed by atoms with Crippen molar-refractivity contribution in [2.45, 2.75) is 69.4 Å². The molecule has 260 valence electrons. The van der Waals surface area contributed by atoms with Gasteiger partial charge < -0.3 is 53.4 Å². The first kappa shape index (κ1) is 39.1. The highest BCUT2D eigenvalue weighted by Gasteiger charge is 2.35. The Morgan fingerprint density at radius 3 is 1.98 bits per heavy atom. The van der Waals surface area contributed by atoms with Crippen LogP contribution in [0.25, 0.3) is 0 Å². The Labute approximate surface area is 278 Å². The van der Waals surface area contributed by atoms with Crippen molar-refractivity contribution in [2.75, 3.05) is 18.1 Å². The molecule has 1 aromatic carbocycles. The summed E-state index contributed by atoms with van der Waals surface area (Å²) >= 11 is 0. The van der Waals surface area contributed by atoms with Crippen LogP contribution in [0.5, 0.6) is 5.75 Å². The number of amides is 6. The molecule has 1 aliphatic rings. The minimum Gasteiger partial charge on any atom is -0.508 e. The first-order valence-corrected chi connectivity index (χ1v) is 17.1. The molecule has 0 aromatic heterocycles. The number of nitrogens with two attached hydrogens (primary N) is 2. The van der Waals surface area contributed by atoms with Gasteiger partial charge in [0.05, 0.1) is 19.1 Å². The third-order valence-corrected chi connectivity index (χ3v) is 9.62. The average molecular weight is 700 g/mol. The second kappa shape index (κ2) is 18.9. The maximum absolute atomic E-state index is 13.6. The molecule has 12 N–H and O–H groups in total. The summed E-state index contributed by atoms with van der Waals surface area (Å²) in [4.78, 5) is 89.6. The van der Waals surface area contributed by atoms with E-state index in [1.807, 2.05) is 0 Å². The number of primary amides is 1. The number of nitrogens with one attached hydrogen (secondary N) is 5. The van der Waals surface area contributed by atoms with Crippen LogP contribution in [-0.2, 0) is 40.0 Å². The van der Waals surface area contributed by atoms with Crippen molar-refractivity contribution in [3.05, 3.63) is 29.8 Å². The predicted molar refractivity (Wildman–Crippen MR) is 172 cm³/mol. The molecule has 0 spiro atoms. The Morgan fingerprint density at radius 1 is 0.851 bits per heavy atom.